The summed E-state index contributed by atoms with van der Waals surface area (Å²) in [5.74, 6) is -0.239. The summed E-state index contributed by atoms with van der Waals surface area (Å²) in [7, 11) is 7.51. The fourth-order valence-corrected chi connectivity index (χ4v) is 3.42. The van der Waals surface area contributed by atoms with Crippen LogP contribution >= 0.6 is 0 Å². The van der Waals surface area contributed by atoms with Crippen LogP contribution in [-0.4, -0.2) is 49.8 Å². The average molecular weight is 393 g/mol. The summed E-state index contributed by atoms with van der Waals surface area (Å²) >= 11 is 0. The van der Waals surface area contributed by atoms with Gasteiger partial charge in [-0.2, -0.15) is 0 Å². The Morgan fingerprint density at radius 1 is 1.03 bits per heavy atom. The van der Waals surface area contributed by atoms with Crippen molar-refractivity contribution in [3.63, 3.8) is 0 Å². The molecule has 0 aliphatic carbocycles. The number of fused-ring (bicyclic) bond motifs is 1. The fraction of sp³-hybridized carbons (Fsp3) is 0.304. The summed E-state index contributed by atoms with van der Waals surface area (Å²) in [6, 6.07) is 13.5. The third-order valence-electron chi connectivity index (χ3n) is 4.82. The van der Waals surface area contributed by atoms with Crippen LogP contribution < -0.4 is 10.6 Å². The van der Waals surface area contributed by atoms with Gasteiger partial charge in [0.1, 0.15) is 0 Å². The quantitative estimate of drug-likeness (QED) is 0.737. The molecule has 0 bridgehead atoms. The van der Waals surface area contributed by atoms with Gasteiger partial charge in [0.25, 0.3) is 11.8 Å². The van der Waals surface area contributed by atoms with E-state index in [9.17, 15) is 9.59 Å². The van der Waals surface area contributed by atoms with E-state index in [-0.39, 0.29) is 11.8 Å². The van der Waals surface area contributed by atoms with Gasteiger partial charge in [0.15, 0.2) is 0 Å². The first-order chi connectivity index (χ1) is 13.8. The Balaban J connectivity index is 1.95. The number of carbonyl (C=O) groups excluding carboxylic acids is 2. The largest absolute Gasteiger partial charge is 0.358 e. The summed E-state index contributed by atoms with van der Waals surface area (Å²) in [5.41, 5.74) is 5.63. The Bertz CT molecular complexity index is 959. The summed E-state index contributed by atoms with van der Waals surface area (Å²) in [5, 5.41) is 6.31. The maximum absolute atomic E-state index is 12.7. The third kappa shape index (κ3) is 4.49. The van der Waals surface area contributed by atoms with Crippen LogP contribution in [0.3, 0.4) is 0 Å². The van der Waals surface area contributed by atoms with Crippen molar-refractivity contribution >= 4 is 28.8 Å². The number of hydrogen-bond acceptors (Lipinski definition) is 4. The minimum Gasteiger partial charge on any atom is -0.358 e. The second kappa shape index (κ2) is 8.49. The molecule has 6 nitrogen and oxygen atoms in total. The summed E-state index contributed by atoms with van der Waals surface area (Å²) < 4.78 is 0. The smallest absolute Gasteiger partial charge is 0.258 e. The molecule has 1 heterocycles. The molecule has 0 aromatic heterocycles. The lowest BCUT2D eigenvalue weighted by Gasteiger charge is -2.15. The maximum Gasteiger partial charge on any atom is 0.258 e. The van der Waals surface area contributed by atoms with E-state index in [1.165, 1.54) is 10.5 Å². The van der Waals surface area contributed by atoms with Gasteiger partial charge in [-0.3, -0.25) is 9.59 Å². The fourth-order valence-electron chi connectivity index (χ4n) is 3.42. The normalized spacial score (nSPS) is 14.5. The molecule has 1 aliphatic rings. The molecule has 0 saturated heterocycles. The number of benzene rings is 2. The first-order valence-corrected chi connectivity index (χ1v) is 9.71. The summed E-state index contributed by atoms with van der Waals surface area (Å²) in [6.07, 6.45) is 0.660. The van der Waals surface area contributed by atoms with E-state index in [1.807, 2.05) is 33.2 Å². The zero-order valence-corrected chi connectivity index (χ0v) is 17.7. The van der Waals surface area contributed by atoms with Crippen molar-refractivity contribution in [1.82, 2.24) is 9.80 Å². The minimum atomic E-state index is -0.150. The highest BCUT2D eigenvalue weighted by molar-refractivity contribution is 6.32. The molecule has 3 rings (SSSR count). The van der Waals surface area contributed by atoms with Gasteiger partial charge in [-0.15, -0.1) is 0 Å². The zero-order valence-electron chi connectivity index (χ0n) is 17.7. The molecule has 2 aromatic carbocycles. The first-order valence-electron chi connectivity index (χ1n) is 9.71. The molecule has 0 atom stereocenters. The predicted octanol–water partition coefficient (Wildman–Crippen LogP) is 3.64. The van der Waals surface area contributed by atoms with E-state index in [4.69, 9.17) is 0 Å². The van der Waals surface area contributed by atoms with E-state index < -0.39 is 0 Å². The molecular weight excluding hydrogens is 364 g/mol. The number of amides is 2. The van der Waals surface area contributed by atoms with Crippen LogP contribution in [0.15, 0.2) is 48.2 Å². The predicted molar refractivity (Wildman–Crippen MR) is 118 cm³/mol. The molecule has 0 radical (unpaired) electrons. The summed E-state index contributed by atoms with van der Waals surface area (Å²) in [6.45, 7) is 2.89. The Hall–Kier alpha value is -3.12. The Kier molecular flexibility index (Phi) is 6.03. The van der Waals surface area contributed by atoms with Crippen molar-refractivity contribution in [2.75, 3.05) is 38.8 Å². The Morgan fingerprint density at radius 3 is 2.31 bits per heavy atom. The number of nitrogens with zero attached hydrogens (tertiary/aromatic N) is 2. The highest BCUT2D eigenvalue weighted by Crippen LogP contribution is 2.36. The molecule has 6 heteroatoms. The molecule has 2 N–H and O–H groups in total. The van der Waals surface area contributed by atoms with Crippen LogP contribution in [-0.2, 0) is 11.3 Å². The SMILES string of the molecule is CCC(Nc1ccc(CN(C)C)cc1)=C1C(=O)Nc2ccc(C(=O)N(C)C)cc21. The van der Waals surface area contributed by atoms with Crippen LogP contribution in [0.4, 0.5) is 11.4 Å². The molecule has 1 aliphatic heterocycles. The van der Waals surface area contributed by atoms with E-state index in [2.05, 4.69) is 27.7 Å². The number of nitrogens with one attached hydrogen (secondary N) is 2. The van der Waals surface area contributed by atoms with Crippen LogP contribution in [0, 0.1) is 0 Å². The van der Waals surface area contributed by atoms with E-state index in [0.717, 1.165) is 29.2 Å². The molecule has 0 unspecified atom stereocenters. The first kappa shape index (κ1) is 20.6. The van der Waals surface area contributed by atoms with Crippen molar-refractivity contribution in [3.8, 4) is 0 Å². The molecule has 0 spiro atoms. The maximum atomic E-state index is 12.7. The molecule has 2 aromatic rings. The number of anilines is 2. The number of carbonyl (C=O) groups is 2. The van der Waals surface area contributed by atoms with Gasteiger partial charge in [-0.25, -0.2) is 0 Å². The average Bonchev–Trinajstić information content (AvgIpc) is 3.01. The molecule has 0 fully saturated rings. The second-order valence-corrected chi connectivity index (χ2v) is 7.68. The van der Waals surface area contributed by atoms with Crippen LogP contribution in [0.2, 0.25) is 0 Å². The van der Waals surface area contributed by atoms with Crippen LogP contribution in [0.1, 0.15) is 34.8 Å². The molecule has 29 heavy (non-hydrogen) atoms. The topological polar surface area (TPSA) is 64.7 Å². The zero-order chi connectivity index (χ0) is 21.1. The van der Waals surface area contributed by atoms with Gasteiger partial charge in [0, 0.05) is 48.8 Å². The number of allylic oxidation sites excluding steroid dienone is 1. The number of rotatable bonds is 6. The van der Waals surface area contributed by atoms with E-state index in [1.54, 1.807) is 32.3 Å². The Labute approximate surface area is 172 Å². The lowest BCUT2D eigenvalue weighted by molar-refractivity contribution is -0.110. The number of hydrogen-bond donors (Lipinski definition) is 2. The minimum absolute atomic E-state index is 0.0889. The van der Waals surface area contributed by atoms with Gasteiger partial charge in [-0.05, 0) is 56.4 Å². The highest BCUT2D eigenvalue weighted by atomic mass is 16.2. The third-order valence-corrected chi connectivity index (χ3v) is 4.82. The Morgan fingerprint density at radius 2 is 1.72 bits per heavy atom. The van der Waals surface area contributed by atoms with Crippen molar-refractivity contribution < 1.29 is 9.59 Å². The second-order valence-electron chi connectivity index (χ2n) is 7.68. The summed E-state index contributed by atoms with van der Waals surface area (Å²) in [4.78, 5) is 28.7. The van der Waals surface area contributed by atoms with E-state index >= 15 is 0 Å². The van der Waals surface area contributed by atoms with Crippen molar-refractivity contribution in [3.05, 3.63) is 64.9 Å². The van der Waals surface area contributed by atoms with Gasteiger partial charge in [-0.1, -0.05) is 19.1 Å². The molecule has 152 valence electrons. The van der Waals surface area contributed by atoms with Crippen molar-refractivity contribution in [1.29, 1.82) is 0 Å². The lowest BCUT2D eigenvalue weighted by atomic mass is 10.0. The highest BCUT2D eigenvalue weighted by Gasteiger charge is 2.28. The van der Waals surface area contributed by atoms with E-state index in [0.29, 0.717) is 17.6 Å². The molecule has 0 saturated carbocycles. The molecule has 2 amide bonds. The molecular formula is C23H28N4O2. The van der Waals surface area contributed by atoms with Crippen molar-refractivity contribution in [2.45, 2.75) is 19.9 Å². The van der Waals surface area contributed by atoms with Gasteiger partial charge in [0.2, 0.25) is 0 Å². The standard InChI is InChI=1S/C23H28N4O2/c1-6-19(24-17-10-7-15(8-11-17)14-26(2)3)21-18-13-16(23(29)27(4)5)9-12-20(18)25-22(21)28/h7-13,24H,6,14H2,1-5H3,(H,25,28). The monoisotopic (exact) mass is 392 g/mol. The van der Waals surface area contributed by atoms with Crippen LogP contribution in [0.25, 0.3) is 5.57 Å². The van der Waals surface area contributed by atoms with Gasteiger partial charge < -0.3 is 20.4 Å². The van der Waals surface area contributed by atoms with Gasteiger partial charge in [0.05, 0.1) is 5.57 Å². The van der Waals surface area contributed by atoms with Gasteiger partial charge >= 0.3 is 0 Å². The van der Waals surface area contributed by atoms with Crippen molar-refractivity contribution in [2.24, 2.45) is 0 Å². The van der Waals surface area contributed by atoms with Crippen LogP contribution in [0.5, 0.6) is 0 Å². The lowest BCUT2D eigenvalue weighted by Crippen LogP contribution is -2.21.